The molecule has 150 valence electrons. The van der Waals surface area contributed by atoms with Crippen LogP contribution < -0.4 is 5.73 Å². The van der Waals surface area contributed by atoms with Gasteiger partial charge in [0.15, 0.2) is 0 Å². The number of rotatable bonds is 4. The molecule has 1 aliphatic heterocycles. The highest BCUT2D eigenvalue weighted by Gasteiger charge is 2.35. The van der Waals surface area contributed by atoms with E-state index in [1.807, 2.05) is 4.90 Å². The normalized spacial score (nSPS) is 19.3. The second kappa shape index (κ2) is 9.42. The molecule has 27 heavy (non-hydrogen) atoms. The summed E-state index contributed by atoms with van der Waals surface area (Å²) < 4.78 is 0. The van der Waals surface area contributed by atoms with Gasteiger partial charge in [-0.05, 0) is 49.1 Å². The molecular formula is C20H30ClN3O3. The van der Waals surface area contributed by atoms with Crippen molar-refractivity contribution in [3.63, 3.8) is 0 Å². The van der Waals surface area contributed by atoms with Crippen LogP contribution >= 0.6 is 12.4 Å². The van der Waals surface area contributed by atoms with Crippen LogP contribution in [0.5, 0.6) is 5.75 Å². The Kier molecular flexibility index (Phi) is 7.50. The van der Waals surface area contributed by atoms with Crippen molar-refractivity contribution >= 4 is 24.2 Å². The number of phenolic OH excluding ortho intramolecular Hbond substituents is 1. The van der Waals surface area contributed by atoms with Crippen molar-refractivity contribution in [3.8, 4) is 5.75 Å². The number of amides is 2. The van der Waals surface area contributed by atoms with Crippen LogP contribution in [0.3, 0.4) is 0 Å². The lowest BCUT2D eigenvalue weighted by molar-refractivity contribution is -0.135. The minimum absolute atomic E-state index is 0. The zero-order chi connectivity index (χ0) is 18.6. The molecule has 1 aromatic rings. The number of benzene rings is 1. The maximum Gasteiger partial charge on any atom is 0.253 e. The maximum absolute atomic E-state index is 12.8. The number of nitrogens with zero attached hydrogens (tertiary/aromatic N) is 2. The van der Waals surface area contributed by atoms with E-state index in [4.69, 9.17) is 5.73 Å². The van der Waals surface area contributed by atoms with Gasteiger partial charge in [0.05, 0.1) is 0 Å². The molecule has 6 nitrogen and oxygen atoms in total. The monoisotopic (exact) mass is 395 g/mol. The minimum Gasteiger partial charge on any atom is -0.508 e. The summed E-state index contributed by atoms with van der Waals surface area (Å²) in [6.45, 7) is 2.81. The highest BCUT2D eigenvalue weighted by molar-refractivity contribution is 5.94. The van der Waals surface area contributed by atoms with Crippen LogP contribution in [0.25, 0.3) is 0 Å². The van der Waals surface area contributed by atoms with E-state index in [1.165, 1.54) is 31.4 Å². The summed E-state index contributed by atoms with van der Waals surface area (Å²) >= 11 is 0. The second-order valence-electron chi connectivity index (χ2n) is 7.66. The summed E-state index contributed by atoms with van der Waals surface area (Å²) in [5, 5.41) is 9.34. The number of halogens is 1. The molecule has 1 saturated carbocycles. The van der Waals surface area contributed by atoms with Gasteiger partial charge in [0.2, 0.25) is 5.91 Å². The van der Waals surface area contributed by atoms with E-state index >= 15 is 0 Å². The van der Waals surface area contributed by atoms with Gasteiger partial charge in [0.25, 0.3) is 5.91 Å². The first-order chi connectivity index (χ1) is 12.5. The Bertz CT molecular complexity index is 636. The standard InChI is InChI=1S/C20H29N3O3.ClH/c21-15-20(8-2-1-3-9-20)14-18(25)22-10-12-23(13-11-22)19(26)16-4-6-17(24)7-5-16;/h4-7,24H,1-3,8-15,21H2;1H. The molecule has 0 radical (unpaired) electrons. The van der Waals surface area contributed by atoms with Crippen LogP contribution in [-0.4, -0.2) is 59.4 Å². The first-order valence-electron chi connectivity index (χ1n) is 9.59. The highest BCUT2D eigenvalue weighted by Crippen LogP contribution is 2.38. The highest BCUT2D eigenvalue weighted by atomic mass is 35.5. The van der Waals surface area contributed by atoms with Crippen LogP contribution in [0, 0.1) is 5.41 Å². The fraction of sp³-hybridized carbons (Fsp3) is 0.600. The van der Waals surface area contributed by atoms with Crippen molar-refractivity contribution < 1.29 is 14.7 Å². The molecule has 7 heteroatoms. The van der Waals surface area contributed by atoms with Crippen molar-refractivity contribution in [2.45, 2.75) is 38.5 Å². The smallest absolute Gasteiger partial charge is 0.253 e. The second-order valence-corrected chi connectivity index (χ2v) is 7.66. The SMILES string of the molecule is Cl.NCC1(CC(=O)N2CCN(C(=O)c3ccc(O)cc3)CC2)CCCCC1. The van der Waals surface area contributed by atoms with Crippen molar-refractivity contribution in [2.75, 3.05) is 32.7 Å². The van der Waals surface area contributed by atoms with Crippen molar-refractivity contribution in [3.05, 3.63) is 29.8 Å². The van der Waals surface area contributed by atoms with Gasteiger partial charge in [-0.1, -0.05) is 19.3 Å². The van der Waals surface area contributed by atoms with Gasteiger partial charge in [-0.25, -0.2) is 0 Å². The third-order valence-corrected chi connectivity index (χ3v) is 5.91. The molecule has 3 rings (SSSR count). The zero-order valence-electron chi connectivity index (χ0n) is 15.7. The predicted molar refractivity (Wildman–Crippen MR) is 107 cm³/mol. The predicted octanol–water partition coefficient (Wildman–Crippen LogP) is 2.40. The van der Waals surface area contributed by atoms with Gasteiger partial charge in [-0.2, -0.15) is 0 Å². The Hall–Kier alpha value is -1.79. The molecule has 2 fully saturated rings. The Morgan fingerprint density at radius 1 is 0.963 bits per heavy atom. The van der Waals surface area contributed by atoms with Crippen LogP contribution in [0.15, 0.2) is 24.3 Å². The number of hydrogen-bond acceptors (Lipinski definition) is 4. The van der Waals surface area contributed by atoms with Crippen LogP contribution in [0.1, 0.15) is 48.9 Å². The third-order valence-electron chi connectivity index (χ3n) is 5.91. The number of phenols is 1. The van der Waals surface area contributed by atoms with E-state index < -0.39 is 0 Å². The first kappa shape index (κ1) is 21.5. The van der Waals surface area contributed by atoms with E-state index in [0.717, 1.165) is 12.8 Å². The molecule has 0 aromatic heterocycles. The van der Waals surface area contributed by atoms with E-state index in [9.17, 15) is 14.7 Å². The van der Waals surface area contributed by atoms with Gasteiger partial charge < -0.3 is 20.6 Å². The van der Waals surface area contributed by atoms with Crippen molar-refractivity contribution in [1.82, 2.24) is 9.80 Å². The van der Waals surface area contributed by atoms with E-state index in [1.54, 1.807) is 17.0 Å². The van der Waals surface area contributed by atoms with E-state index in [-0.39, 0.29) is 35.4 Å². The average molecular weight is 396 g/mol. The molecule has 1 aliphatic carbocycles. The zero-order valence-corrected chi connectivity index (χ0v) is 16.5. The summed E-state index contributed by atoms with van der Waals surface area (Å²) in [6, 6.07) is 6.29. The molecule has 0 bridgehead atoms. The van der Waals surface area contributed by atoms with Gasteiger partial charge in [-0.3, -0.25) is 9.59 Å². The topological polar surface area (TPSA) is 86.9 Å². The summed E-state index contributed by atoms with van der Waals surface area (Å²) in [7, 11) is 0. The lowest BCUT2D eigenvalue weighted by Gasteiger charge is -2.39. The van der Waals surface area contributed by atoms with Gasteiger partial charge in [0.1, 0.15) is 5.75 Å². The number of piperazine rings is 1. The van der Waals surface area contributed by atoms with E-state index in [2.05, 4.69) is 0 Å². The Labute approximate surface area is 167 Å². The van der Waals surface area contributed by atoms with Gasteiger partial charge in [-0.15, -0.1) is 12.4 Å². The molecular weight excluding hydrogens is 366 g/mol. The summed E-state index contributed by atoms with van der Waals surface area (Å²) in [6.07, 6.45) is 6.21. The number of aromatic hydroxyl groups is 1. The summed E-state index contributed by atoms with van der Waals surface area (Å²) in [5.74, 6) is 0.269. The van der Waals surface area contributed by atoms with Crippen LogP contribution in [0.2, 0.25) is 0 Å². The lowest BCUT2D eigenvalue weighted by Crippen LogP contribution is -2.51. The van der Waals surface area contributed by atoms with Crippen molar-refractivity contribution in [1.29, 1.82) is 0 Å². The largest absolute Gasteiger partial charge is 0.508 e. The van der Waals surface area contributed by atoms with Crippen LogP contribution in [-0.2, 0) is 4.79 Å². The van der Waals surface area contributed by atoms with Crippen molar-refractivity contribution in [2.24, 2.45) is 11.1 Å². The molecule has 0 unspecified atom stereocenters. The molecule has 0 spiro atoms. The van der Waals surface area contributed by atoms with Crippen LogP contribution in [0.4, 0.5) is 0 Å². The first-order valence-corrected chi connectivity index (χ1v) is 9.59. The van der Waals surface area contributed by atoms with E-state index in [0.29, 0.717) is 44.7 Å². The molecule has 2 amide bonds. The maximum atomic E-state index is 12.8. The Balaban J connectivity index is 0.00000261. The molecule has 3 N–H and O–H groups in total. The quantitative estimate of drug-likeness (QED) is 0.819. The summed E-state index contributed by atoms with van der Waals surface area (Å²) in [5.41, 5.74) is 6.55. The molecule has 1 aromatic carbocycles. The fourth-order valence-electron chi connectivity index (χ4n) is 4.13. The Morgan fingerprint density at radius 3 is 2.07 bits per heavy atom. The summed E-state index contributed by atoms with van der Waals surface area (Å²) in [4.78, 5) is 28.9. The van der Waals surface area contributed by atoms with Gasteiger partial charge >= 0.3 is 0 Å². The molecule has 1 heterocycles. The average Bonchev–Trinajstić information content (AvgIpc) is 2.69. The number of hydrogen-bond donors (Lipinski definition) is 2. The molecule has 2 aliphatic rings. The number of nitrogens with two attached hydrogens (primary N) is 1. The third kappa shape index (κ3) is 5.14. The fourth-order valence-corrected chi connectivity index (χ4v) is 4.13. The molecule has 1 saturated heterocycles. The lowest BCUT2D eigenvalue weighted by atomic mass is 9.71. The van der Waals surface area contributed by atoms with Gasteiger partial charge in [0, 0.05) is 38.2 Å². The number of carbonyl (C=O) groups is 2. The minimum atomic E-state index is -0.0530. The number of carbonyl (C=O) groups excluding carboxylic acids is 2. The molecule has 0 atom stereocenters. The Morgan fingerprint density at radius 2 is 1.52 bits per heavy atom.